The minimum atomic E-state index is -0.0278. The molecule has 78 valence electrons. The van der Waals surface area contributed by atoms with Crippen molar-refractivity contribution in [2.45, 2.75) is 13.0 Å². The van der Waals surface area contributed by atoms with Crippen LogP contribution in [0.3, 0.4) is 0 Å². The summed E-state index contributed by atoms with van der Waals surface area (Å²) in [6.07, 6.45) is 0. The van der Waals surface area contributed by atoms with Gasteiger partial charge in [0.1, 0.15) is 0 Å². The first-order valence-electron chi connectivity index (χ1n) is 4.73. The maximum absolute atomic E-state index is 6.19. The molecule has 3 heteroatoms. The van der Waals surface area contributed by atoms with Gasteiger partial charge in [-0.1, -0.05) is 34.1 Å². The van der Waals surface area contributed by atoms with Crippen molar-refractivity contribution >= 4 is 27.3 Å². The number of hydrogen-bond acceptors (Lipinski definition) is 2. The van der Waals surface area contributed by atoms with E-state index in [0.29, 0.717) is 0 Å². The highest BCUT2D eigenvalue weighted by molar-refractivity contribution is 9.10. The summed E-state index contributed by atoms with van der Waals surface area (Å²) in [6.45, 7) is 2.07. The number of nitrogens with two attached hydrogens (primary N) is 1. The van der Waals surface area contributed by atoms with Crippen molar-refractivity contribution < 1.29 is 0 Å². The molecule has 0 radical (unpaired) electrons. The maximum atomic E-state index is 6.19. The van der Waals surface area contributed by atoms with Crippen LogP contribution in [0.15, 0.2) is 40.2 Å². The fourth-order valence-corrected chi connectivity index (χ4v) is 2.99. The zero-order valence-electron chi connectivity index (χ0n) is 8.41. The van der Waals surface area contributed by atoms with Crippen LogP contribution in [0.4, 0.5) is 0 Å². The first-order valence-corrected chi connectivity index (χ1v) is 6.41. The summed E-state index contributed by atoms with van der Waals surface area (Å²) in [5, 5.41) is 2.05. The van der Waals surface area contributed by atoms with Crippen LogP contribution in [-0.2, 0) is 0 Å². The monoisotopic (exact) mass is 281 g/mol. The lowest BCUT2D eigenvalue weighted by atomic mass is 10.0. The van der Waals surface area contributed by atoms with Crippen LogP contribution in [-0.4, -0.2) is 0 Å². The molecule has 1 atom stereocenters. The highest BCUT2D eigenvalue weighted by atomic mass is 79.9. The van der Waals surface area contributed by atoms with Gasteiger partial charge in [-0.15, -0.1) is 11.3 Å². The molecule has 0 saturated carbocycles. The van der Waals surface area contributed by atoms with Crippen molar-refractivity contribution in [1.29, 1.82) is 0 Å². The van der Waals surface area contributed by atoms with E-state index in [4.69, 9.17) is 5.73 Å². The van der Waals surface area contributed by atoms with Crippen molar-refractivity contribution in [3.63, 3.8) is 0 Å². The molecule has 2 N–H and O–H groups in total. The molecule has 0 amide bonds. The molecule has 0 saturated heterocycles. The molecule has 2 rings (SSSR count). The average molecular weight is 282 g/mol. The number of rotatable bonds is 2. The molecule has 0 unspecified atom stereocenters. The van der Waals surface area contributed by atoms with Crippen molar-refractivity contribution in [3.8, 4) is 0 Å². The molecule has 1 aromatic heterocycles. The molecule has 0 spiro atoms. The summed E-state index contributed by atoms with van der Waals surface area (Å²) < 4.78 is 1.09. The highest BCUT2D eigenvalue weighted by Crippen LogP contribution is 2.29. The van der Waals surface area contributed by atoms with Crippen molar-refractivity contribution in [2.75, 3.05) is 0 Å². The van der Waals surface area contributed by atoms with Gasteiger partial charge < -0.3 is 5.73 Å². The minimum absolute atomic E-state index is 0.0278. The first kappa shape index (κ1) is 10.9. The van der Waals surface area contributed by atoms with E-state index >= 15 is 0 Å². The first-order chi connectivity index (χ1) is 7.18. The van der Waals surface area contributed by atoms with Crippen molar-refractivity contribution in [1.82, 2.24) is 0 Å². The van der Waals surface area contributed by atoms with Crippen LogP contribution < -0.4 is 5.73 Å². The van der Waals surface area contributed by atoms with E-state index in [9.17, 15) is 0 Å². The molecule has 0 aliphatic rings. The van der Waals surface area contributed by atoms with Gasteiger partial charge in [-0.2, -0.15) is 0 Å². The fourth-order valence-electron chi connectivity index (χ4n) is 1.51. The smallest absolute Gasteiger partial charge is 0.0657 e. The molecule has 0 bridgehead atoms. The van der Waals surface area contributed by atoms with E-state index in [1.165, 1.54) is 10.4 Å². The normalized spacial score (nSPS) is 12.7. The van der Waals surface area contributed by atoms with Gasteiger partial charge in [0.15, 0.2) is 0 Å². The highest BCUT2D eigenvalue weighted by Gasteiger charge is 2.12. The predicted molar refractivity (Wildman–Crippen MR) is 69.2 cm³/mol. The lowest BCUT2D eigenvalue weighted by Gasteiger charge is -2.12. The second-order valence-electron chi connectivity index (χ2n) is 3.52. The lowest BCUT2D eigenvalue weighted by Crippen LogP contribution is -2.10. The lowest BCUT2D eigenvalue weighted by molar-refractivity contribution is 0.886. The number of benzene rings is 1. The zero-order chi connectivity index (χ0) is 10.8. The average Bonchev–Trinajstić information content (AvgIpc) is 2.69. The van der Waals surface area contributed by atoms with Gasteiger partial charge in [0.25, 0.3) is 0 Å². The number of halogens is 1. The number of thiophene rings is 1. The minimum Gasteiger partial charge on any atom is -0.320 e. The molecule has 0 aliphatic heterocycles. The van der Waals surface area contributed by atoms with Gasteiger partial charge in [-0.05, 0) is 35.6 Å². The molecule has 15 heavy (non-hydrogen) atoms. The van der Waals surface area contributed by atoms with Crippen LogP contribution in [0.2, 0.25) is 0 Å². The Kier molecular flexibility index (Phi) is 3.24. The van der Waals surface area contributed by atoms with E-state index in [1.807, 2.05) is 6.07 Å². The summed E-state index contributed by atoms with van der Waals surface area (Å²) in [7, 11) is 0. The Morgan fingerprint density at radius 2 is 2.13 bits per heavy atom. The van der Waals surface area contributed by atoms with E-state index in [2.05, 4.69) is 52.5 Å². The standard InChI is InChI=1S/C12H12BrNS/c1-8-4-5-9(10(13)7-8)12(14)11-3-2-6-15-11/h2-7,12H,14H2,1H3/t12-/m0/s1. The number of hydrogen-bond donors (Lipinski definition) is 1. The Bertz CT molecular complexity index is 451. The Morgan fingerprint density at radius 1 is 1.33 bits per heavy atom. The molecular weight excluding hydrogens is 270 g/mol. The largest absolute Gasteiger partial charge is 0.320 e. The van der Waals surface area contributed by atoms with E-state index in [0.717, 1.165) is 10.0 Å². The van der Waals surface area contributed by atoms with Crippen LogP contribution in [0.5, 0.6) is 0 Å². The number of aryl methyl sites for hydroxylation is 1. The molecule has 2 aromatic rings. The van der Waals surface area contributed by atoms with Crippen LogP contribution in [0.25, 0.3) is 0 Å². The summed E-state index contributed by atoms with van der Waals surface area (Å²) in [5.41, 5.74) is 8.57. The van der Waals surface area contributed by atoms with Crippen molar-refractivity contribution in [3.05, 3.63) is 56.2 Å². The second-order valence-corrected chi connectivity index (χ2v) is 5.35. The summed E-state index contributed by atoms with van der Waals surface area (Å²) >= 11 is 5.25. The summed E-state index contributed by atoms with van der Waals surface area (Å²) in [5.74, 6) is 0. The molecule has 0 fully saturated rings. The van der Waals surface area contributed by atoms with Crippen LogP contribution in [0, 0.1) is 6.92 Å². The van der Waals surface area contributed by atoms with E-state index in [1.54, 1.807) is 11.3 Å². The predicted octanol–water partition coefficient (Wildman–Crippen LogP) is 3.87. The SMILES string of the molecule is Cc1ccc([C@H](N)c2cccs2)c(Br)c1. The third-order valence-electron chi connectivity index (χ3n) is 2.34. The van der Waals surface area contributed by atoms with Gasteiger partial charge in [0.05, 0.1) is 6.04 Å². The van der Waals surface area contributed by atoms with Gasteiger partial charge in [-0.25, -0.2) is 0 Å². The zero-order valence-corrected chi connectivity index (χ0v) is 10.8. The van der Waals surface area contributed by atoms with Crippen molar-refractivity contribution in [2.24, 2.45) is 5.73 Å². The van der Waals surface area contributed by atoms with Gasteiger partial charge in [-0.3, -0.25) is 0 Å². The van der Waals surface area contributed by atoms with E-state index in [-0.39, 0.29) is 6.04 Å². The fraction of sp³-hybridized carbons (Fsp3) is 0.167. The van der Waals surface area contributed by atoms with Gasteiger partial charge >= 0.3 is 0 Å². The Hall–Kier alpha value is -0.640. The molecule has 1 nitrogen and oxygen atoms in total. The van der Waals surface area contributed by atoms with Gasteiger partial charge in [0.2, 0.25) is 0 Å². The van der Waals surface area contributed by atoms with Crippen LogP contribution >= 0.6 is 27.3 Å². The second kappa shape index (κ2) is 4.47. The third kappa shape index (κ3) is 2.30. The maximum Gasteiger partial charge on any atom is 0.0657 e. The van der Waals surface area contributed by atoms with E-state index < -0.39 is 0 Å². The Balaban J connectivity index is 2.38. The molecule has 1 aromatic carbocycles. The summed E-state index contributed by atoms with van der Waals surface area (Å²) in [4.78, 5) is 1.19. The quantitative estimate of drug-likeness (QED) is 0.889. The summed E-state index contributed by atoms with van der Waals surface area (Å²) in [6, 6.07) is 10.4. The molecule has 0 aliphatic carbocycles. The topological polar surface area (TPSA) is 26.0 Å². The molecular formula is C12H12BrNS. The third-order valence-corrected chi connectivity index (χ3v) is 3.98. The van der Waals surface area contributed by atoms with Crippen LogP contribution in [0.1, 0.15) is 22.0 Å². The van der Waals surface area contributed by atoms with Gasteiger partial charge in [0, 0.05) is 9.35 Å². The Labute approximate surface area is 102 Å². The molecule has 1 heterocycles. The Morgan fingerprint density at radius 3 is 2.73 bits per heavy atom.